The number of aromatic carboxylic acids is 1. The third-order valence-corrected chi connectivity index (χ3v) is 2.94. The monoisotopic (exact) mass is 285 g/mol. The highest BCUT2D eigenvalue weighted by Gasteiger charge is 2.12. The van der Waals surface area contributed by atoms with E-state index in [0.29, 0.717) is 18.8 Å². The minimum Gasteiger partial charge on any atom is -0.482 e. The van der Waals surface area contributed by atoms with Gasteiger partial charge in [0.1, 0.15) is 5.75 Å². The first-order valence-corrected chi connectivity index (χ1v) is 6.30. The number of carbonyl (C=O) groups excluding carboxylic acids is 1. The number of amides is 1. The molecule has 0 aliphatic heterocycles. The molecule has 0 saturated heterocycles. The Labute approximate surface area is 116 Å². The maximum atomic E-state index is 11.7. The summed E-state index contributed by atoms with van der Waals surface area (Å²) in [7, 11) is 0. The number of benzene rings is 1. The molecule has 0 atom stereocenters. The predicted octanol–water partition coefficient (Wildman–Crippen LogP) is 2.29. The molecular formula is C13H16ClNO4. The highest BCUT2D eigenvalue weighted by atomic mass is 35.5. The molecule has 104 valence electrons. The molecule has 0 unspecified atom stereocenters. The Balaban J connectivity index is 2.68. The van der Waals surface area contributed by atoms with Crippen LogP contribution in [0, 0.1) is 0 Å². The van der Waals surface area contributed by atoms with Gasteiger partial charge in [-0.2, -0.15) is 0 Å². The van der Waals surface area contributed by atoms with Crippen LogP contribution in [0.5, 0.6) is 5.75 Å². The van der Waals surface area contributed by atoms with E-state index in [1.807, 2.05) is 13.8 Å². The molecule has 5 nitrogen and oxygen atoms in total. The number of carboxylic acids is 1. The molecule has 1 rings (SSSR count). The van der Waals surface area contributed by atoms with E-state index in [4.69, 9.17) is 21.4 Å². The Kier molecular flexibility index (Phi) is 5.63. The summed E-state index contributed by atoms with van der Waals surface area (Å²) in [5, 5.41) is 8.97. The molecular weight excluding hydrogens is 270 g/mol. The average Bonchev–Trinajstić information content (AvgIpc) is 2.38. The van der Waals surface area contributed by atoms with E-state index < -0.39 is 5.97 Å². The van der Waals surface area contributed by atoms with E-state index in [0.717, 1.165) is 0 Å². The van der Waals surface area contributed by atoms with Crippen LogP contribution in [0.3, 0.4) is 0 Å². The van der Waals surface area contributed by atoms with E-state index in [2.05, 4.69) is 0 Å². The van der Waals surface area contributed by atoms with Crippen LogP contribution >= 0.6 is 11.6 Å². The quantitative estimate of drug-likeness (QED) is 0.871. The Bertz CT molecular complexity index is 472. The number of halogens is 1. The molecule has 0 heterocycles. The Hall–Kier alpha value is -1.75. The van der Waals surface area contributed by atoms with E-state index in [1.54, 1.807) is 4.90 Å². The zero-order valence-electron chi connectivity index (χ0n) is 10.9. The van der Waals surface area contributed by atoms with E-state index in [1.165, 1.54) is 18.2 Å². The lowest BCUT2D eigenvalue weighted by molar-refractivity contribution is -0.132. The van der Waals surface area contributed by atoms with Crippen LogP contribution in [0.2, 0.25) is 5.02 Å². The number of hydrogen-bond donors (Lipinski definition) is 1. The molecule has 6 heteroatoms. The second-order valence-electron chi connectivity index (χ2n) is 3.81. The van der Waals surface area contributed by atoms with Gasteiger partial charge in [-0.1, -0.05) is 11.6 Å². The van der Waals surface area contributed by atoms with Gasteiger partial charge in [0.25, 0.3) is 5.91 Å². The molecule has 1 aromatic rings. The highest BCUT2D eigenvalue weighted by Crippen LogP contribution is 2.25. The summed E-state index contributed by atoms with van der Waals surface area (Å²) in [4.78, 5) is 24.1. The molecule has 19 heavy (non-hydrogen) atoms. The van der Waals surface area contributed by atoms with Crippen LogP contribution in [0.4, 0.5) is 0 Å². The van der Waals surface area contributed by atoms with Gasteiger partial charge in [-0.15, -0.1) is 0 Å². The normalized spacial score (nSPS) is 10.1. The molecule has 0 bridgehead atoms. The first-order valence-electron chi connectivity index (χ1n) is 5.93. The SMILES string of the molecule is CCN(CC)C(=O)COc1ccc(C(=O)O)cc1Cl. The summed E-state index contributed by atoms with van der Waals surface area (Å²) in [5.41, 5.74) is 0.0763. The average molecular weight is 286 g/mol. The molecule has 0 radical (unpaired) electrons. The number of likely N-dealkylation sites (N-methyl/N-ethyl adjacent to an activating group) is 1. The van der Waals surface area contributed by atoms with Crippen LogP contribution in [0.1, 0.15) is 24.2 Å². The van der Waals surface area contributed by atoms with Crippen LogP contribution < -0.4 is 4.74 Å². The second kappa shape index (κ2) is 6.99. The minimum atomic E-state index is -1.06. The van der Waals surface area contributed by atoms with Gasteiger partial charge in [-0.05, 0) is 32.0 Å². The molecule has 0 aliphatic rings. The predicted molar refractivity (Wildman–Crippen MR) is 71.8 cm³/mol. The van der Waals surface area contributed by atoms with Crippen LogP contribution in [-0.2, 0) is 4.79 Å². The number of carboxylic acid groups (broad SMARTS) is 1. The topological polar surface area (TPSA) is 66.8 Å². The molecule has 1 N–H and O–H groups in total. The Morgan fingerprint density at radius 2 is 1.95 bits per heavy atom. The van der Waals surface area contributed by atoms with Crippen molar-refractivity contribution in [3.8, 4) is 5.75 Å². The van der Waals surface area contributed by atoms with Gasteiger partial charge < -0.3 is 14.7 Å². The lowest BCUT2D eigenvalue weighted by Crippen LogP contribution is -2.34. The van der Waals surface area contributed by atoms with Gasteiger partial charge in [0.15, 0.2) is 6.61 Å². The summed E-state index contributed by atoms with van der Waals surface area (Å²) in [6.45, 7) is 4.88. The van der Waals surface area contributed by atoms with Crippen LogP contribution in [-0.4, -0.2) is 41.6 Å². The zero-order valence-corrected chi connectivity index (χ0v) is 11.6. The first-order chi connectivity index (χ1) is 8.99. The summed E-state index contributed by atoms with van der Waals surface area (Å²) < 4.78 is 5.30. The molecule has 1 aromatic carbocycles. The number of carbonyl (C=O) groups is 2. The molecule has 1 amide bonds. The summed E-state index contributed by atoms with van der Waals surface area (Å²) in [5.74, 6) is -0.900. The number of ether oxygens (including phenoxy) is 1. The summed E-state index contributed by atoms with van der Waals surface area (Å²) in [6, 6.07) is 4.12. The lowest BCUT2D eigenvalue weighted by Gasteiger charge is -2.18. The van der Waals surface area contributed by atoms with Crippen molar-refractivity contribution in [2.45, 2.75) is 13.8 Å². The number of nitrogens with zero attached hydrogens (tertiary/aromatic N) is 1. The number of hydrogen-bond acceptors (Lipinski definition) is 3. The Morgan fingerprint density at radius 1 is 1.32 bits per heavy atom. The van der Waals surface area contributed by atoms with Gasteiger partial charge in [0.05, 0.1) is 10.6 Å². The zero-order chi connectivity index (χ0) is 14.4. The van der Waals surface area contributed by atoms with Gasteiger partial charge in [0, 0.05) is 13.1 Å². The van der Waals surface area contributed by atoms with Crippen LogP contribution in [0.15, 0.2) is 18.2 Å². The summed E-state index contributed by atoms with van der Waals surface area (Å²) in [6.07, 6.45) is 0. The van der Waals surface area contributed by atoms with Gasteiger partial charge in [-0.3, -0.25) is 4.79 Å². The van der Waals surface area contributed by atoms with Crippen molar-refractivity contribution in [3.63, 3.8) is 0 Å². The van der Waals surface area contributed by atoms with Crippen molar-refractivity contribution in [3.05, 3.63) is 28.8 Å². The van der Waals surface area contributed by atoms with E-state index in [9.17, 15) is 9.59 Å². The fourth-order valence-corrected chi connectivity index (χ4v) is 1.79. The largest absolute Gasteiger partial charge is 0.482 e. The fourth-order valence-electron chi connectivity index (χ4n) is 1.56. The van der Waals surface area contributed by atoms with Crippen molar-refractivity contribution < 1.29 is 19.4 Å². The van der Waals surface area contributed by atoms with Crippen molar-refractivity contribution in [2.24, 2.45) is 0 Å². The third-order valence-electron chi connectivity index (χ3n) is 2.65. The Morgan fingerprint density at radius 3 is 2.42 bits per heavy atom. The van der Waals surface area contributed by atoms with Gasteiger partial charge in [0.2, 0.25) is 0 Å². The molecule has 0 saturated carbocycles. The maximum absolute atomic E-state index is 11.7. The van der Waals surface area contributed by atoms with Crippen molar-refractivity contribution in [1.29, 1.82) is 0 Å². The molecule has 0 aliphatic carbocycles. The third kappa shape index (κ3) is 4.13. The fraction of sp³-hybridized carbons (Fsp3) is 0.385. The molecule has 0 spiro atoms. The van der Waals surface area contributed by atoms with Crippen LogP contribution in [0.25, 0.3) is 0 Å². The van der Waals surface area contributed by atoms with Crippen molar-refractivity contribution >= 4 is 23.5 Å². The molecule has 0 fully saturated rings. The molecule has 0 aromatic heterocycles. The minimum absolute atomic E-state index is 0.0763. The van der Waals surface area contributed by atoms with E-state index >= 15 is 0 Å². The second-order valence-corrected chi connectivity index (χ2v) is 4.21. The van der Waals surface area contributed by atoms with Crippen molar-refractivity contribution in [2.75, 3.05) is 19.7 Å². The van der Waals surface area contributed by atoms with Gasteiger partial charge >= 0.3 is 5.97 Å². The first kappa shape index (κ1) is 15.3. The van der Waals surface area contributed by atoms with Gasteiger partial charge in [-0.25, -0.2) is 4.79 Å². The standard InChI is InChI=1S/C13H16ClNO4/c1-3-15(4-2)12(16)8-19-11-6-5-9(13(17)18)7-10(11)14/h5-7H,3-4,8H2,1-2H3,(H,17,18). The smallest absolute Gasteiger partial charge is 0.335 e. The van der Waals surface area contributed by atoms with Crippen molar-refractivity contribution in [1.82, 2.24) is 4.90 Å². The number of rotatable bonds is 6. The summed E-state index contributed by atoms with van der Waals surface area (Å²) >= 11 is 5.89. The highest BCUT2D eigenvalue weighted by molar-refractivity contribution is 6.32. The maximum Gasteiger partial charge on any atom is 0.335 e. The van der Waals surface area contributed by atoms with E-state index in [-0.39, 0.29) is 23.1 Å². The lowest BCUT2D eigenvalue weighted by atomic mass is 10.2.